The van der Waals surface area contributed by atoms with E-state index in [2.05, 4.69) is 5.32 Å². The van der Waals surface area contributed by atoms with Gasteiger partial charge in [0.05, 0.1) is 17.1 Å². The topological polar surface area (TPSA) is 69.6 Å². The maximum absolute atomic E-state index is 14.0. The third-order valence-corrected chi connectivity index (χ3v) is 4.16. The molecule has 2 amide bonds. The molecular formula is C17H14ClFN2O3. The van der Waals surface area contributed by atoms with Crippen LogP contribution in [0.2, 0.25) is 5.02 Å². The molecule has 0 saturated heterocycles. The number of fused-ring (bicyclic) bond motifs is 1. The Kier molecular flexibility index (Phi) is 4.40. The maximum Gasteiger partial charge on any atom is 0.326 e. The number of amides is 2. The predicted octanol–water partition coefficient (Wildman–Crippen LogP) is 3.70. The summed E-state index contributed by atoms with van der Waals surface area (Å²) in [7, 11) is 0. The summed E-state index contributed by atoms with van der Waals surface area (Å²) in [5, 5.41) is 11.4. The Morgan fingerprint density at radius 2 is 2.04 bits per heavy atom. The Morgan fingerprint density at radius 1 is 1.29 bits per heavy atom. The molecule has 0 fully saturated rings. The van der Waals surface area contributed by atoms with E-state index in [0.717, 1.165) is 23.7 Å². The van der Waals surface area contributed by atoms with Crippen molar-refractivity contribution in [3.63, 3.8) is 0 Å². The number of benzene rings is 2. The molecule has 1 heterocycles. The third kappa shape index (κ3) is 3.19. The summed E-state index contributed by atoms with van der Waals surface area (Å²) < 4.78 is 14.0. The van der Waals surface area contributed by atoms with E-state index in [-0.39, 0.29) is 16.3 Å². The first-order valence-electron chi connectivity index (χ1n) is 7.32. The number of carboxylic acids is 1. The first-order valence-corrected chi connectivity index (χ1v) is 7.69. The number of carbonyl (C=O) groups excluding carboxylic acids is 1. The molecule has 0 saturated carbocycles. The molecule has 0 aromatic heterocycles. The van der Waals surface area contributed by atoms with Gasteiger partial charge in [-0.15, -0.1) is 0 Å². The third-order valence-electron chi connectivity index (χ3n) is 3.85. The van der Waals surface area contributed by atoms with Crippen LogP contribution in [0, 0.1) is 5.82 Å². The highest BCUT2D eigenvalue weighted by atomic mass is 35.5. The number of hydrogen-bond acceptors (Lipinski definition) is 2. The van der Waals surface area contributed by atoms with Gasteiger partial charge in [-0.05, 0) is 30.2 Å². The summed E-state index contributed by atoms with van der Waals surface area (Å²) in [5.41, 5.74) is 1.96. The number of rotatable bonds is 3. The van der Waals surface area contributed by atoms with Crippen LogP contribution in [0.15, 0.2) is 36.4 Å². The van der Waals surface area contributed by atoms with Crippen LogP contribution in [0.1, 0.15) is 11.1 Å². The van der Waals surface area contributed by atoms with Gasteiger partial charge in [-0.1, -0.05) is 29.8 Å². The molecule has 0 atom stereocenters. The second-order valence-corrected chi connectivity index (χ2v) is 5.86. The van der Waals surface area contributed by atoms with Crippen molar-refractivity contribution >= 4 is 35.0 Å². The summed E-state index contributed by atoms with van der Waals surface area (Å²) in [6, 6.07) is 9.41. The molecule has 0 aliphatic carbocycles. The van der Waals surface area contributed by atoms with Crippen LogP contribution in [0.5, 0.6) is 0 Å². The lowest BCUT2D eigenvalue weighted by molar-refractivity contribution is -0.136. The number of nitrogens with zero attached hydrogens (tertiary/aromatic N) is 1. The number of nitrogens with one attached hydrogen (secondary N) is 1. The zero-order chi connectivity index (χ0) is 17.3. The van der Waals surface area contributed by atoms with Gasteiger partial charge in [-0.25, -0.2) is 9.18 Å². The highest BCUT2D eigenvalue weighted by Gasteiger charge is 2.25. The van der Waals surface area contributed by atoms with E-state index in [9.17, 15) is 14.0 Å². The summed E-state index contributed by atoms with van der Waals surface area (Å²) in [6.07, 6.45) is 0.280. The van der Waals surface area contributed by atoms with E-state index in [1.165, 1.54) is 6.07 Å². The molecule has 24 heavy (non-hydrogen) atoms. The summed E-state index contributed by atoms with van der Waals surface area (Å²) in [4.78, 5) is 24.7. The fourth-order valence-corrected chi connectivity index (χ4v) is 2.95. The normalized spacial score (nSPS) is 12.8. The van der Waals surface area contributed by atoms with Gasteiger partial charge in [0.1, 0.15) is 5.82 Å². The largest absolute Gasteiger partial charge is 0.481 e. The lowest BCUT2D eigenvalue weighted by Crippen LogP contribution is -2.33. The van der Waals surface area contributed by atoms with E-state index in [0.29, 0.717) is 6.54 Å². The predicted molar refractivity (Wildman–Crippen MR) is 89.3 cm³/mol. The van der Waals surface area contributed by atoms with Crippen molar-refractivity contribution in [2.24, 2.45) is 0 Å². The molecule has 7 heteroatoms. The lowest BCUT2D eigenvalue weighted by atomic mass is 10.1. The number of aliphatic carboxylic acids is 1. The molecule has 0 unspecified atom stereocenters. The molecule has 1 aliphatic heterocycles. The van der Waals surface area contributed by atoms with Gasteiger partial charge in [0.25, 0.3) is 0 Å². The molecule has 0 spiro atoms. The van der Waals surface area contributed by atoms with Crippen molar-refractivity contribution < 1.29 is 19.1 Å². The van der Waals surface area contributed by atoms with Crippen molar-refractivity contribution in [3.05, 3.63) is 58.4 Å². The summed E-state index contributed by atoms with van der Waals surface area (Å²) in [5.74, 6) is -1.88. The zero-order valence-electron chi connectivity index (χ0n) is 12.6. The Morgan fingerprint density at radius 3 is 2.79 bits per heavy atom. The summed E-state index contributed by atoms with van der Waals surface area (Å²) >= 11 is 6.04. The number of para-hydroxylation sites is 1. The van der Waals surface area contributed by atoms with Gasteiger partial charge in [0, 0.05) is 17.8 Å². The number of halogens is 2. The van der Waals surface area contributed by atoms with Crippen molar-refractivity contribution in [1.82, 2.24) is 0 Å². The van der Waals surface area contributed by atoms with Crippen molar-refractivity contribution in [2.45, 2.75) is 12.8 Å². The minimum absolute atomic E-state index is 0.0305. The van der Waals surface area contributed by atoms with Crippen LogP contribution in [0.25, 0.3) is 0 Å². The highest BCUT2D eigenvalue weighted by molar-refractivity contribution is 6.34. The molecule has 2 aromatic carbocycles. The van der Waals surface area contributed by atoms with Crippen LogP contribution in [0.3, 0.4) is 0 Å². The van der Waals surface area contributed by atoms with Gasteiger partial charge >= 0.3 is 12.0 Å². The first-order chi connectivity index (χ1) is 11.5. The fourth-order valence-electron chi connectivity index (χ4n) is 2.71. The van der Waals surface area contributed by atoms with Gasteiger partial charge in [-0.2, -0.15) is 0 Å². The zero-order valence-corrected chi connectivity index (χ0v) is 13.3. The quantitative estimate of drug-likeness (QED) is 0.888. The lowest BCUT2D eigenvalue weighted by Gasteiger charge is -2.19. The average molecular weight is 349 g/mol. The van der Waals surface area contributed by atoms with Gasteiger partial charge in [0.2, 0.25) is 0 Å². The fraction of sp³-hybridized carbons (Fsp3) is 0.176. The molecule has 1 aliphatic rings. The Labute approximate surface area is 142 Å². The molecule has 124 valence electrons. The Bertz CT molecular complexity index is 825. The van der Waals surface area contributed by atoms with Crippen LogP contribution in [-0.4, -0.2) is 23.7 Å². The van der Waals surface area contributed by atoms with Crippen molar-refractivity contribution in [3.8, 4) is 0 Å². The minimum Gasteiger partial charge on any atom is -0.481 e. The van der Waals surface area contributed by atoms with E-state index in [1.807, 2.05) is 24.3 Å². The number of carbonyl (C=O) groups is 2. The molecule has 0 bridgehead atoms. The van der Waals surface area contributed by atoms with Crippen molar-refractivity contribution in [2.75, 3.05) is 16.8 Å². The number of hydrogen-bond donors (Lipinski definition) is 2. The monoisotopic (exact) mass is 348 g/mol. The molecule has 5 nitrogen and oxygen atoms in total. The SMILES string of the molecule is O=C(O)Cc1cc(Cl)c(NC(=O)N2CCc3ccccc32)cc1F. The molecular weight excluding hydrogens is 335 g/mol. The number of anilines is 2. The number of carboxylic acid groups (broad SMARTS) is 1. The summed E-state index contributed by atoms with van der Waals surface area (Å²) in [6.45, 7) is 0.530. The van der Waals surface area contributed by atoms with E-state index < -0.39 is 24.2 Å². The Balaban J connectivity index is 1.80. The van der Waals surface area contributed by atoms with Crippen LogP contribution in [-0.2, 0) is 17.6 Å². The maximum atomic E-state index is 14.0. The standard InChI is InChI=1S/C17H14ClFN2O3/c18-12-7-11(8-16(22)23)13(19)9-14(12)20-17(24)21-6-5-10-3-1-2-4-15(10)21/h1-4,7,9H,5-6,8H2,(H,20,24)(H,22,23). The smallest absolute Gasteiger partial charge is 0.326 e. The van der Waals surface area contributed by atoms with Crippen LogP contribution >= 0.6 is 11.6 Å². The van der Waals surface area contributed by atoms with E-state index in [4.69, 9.17) is 16.7 Å². The number of urea groups is 1. The minimum atomic E-state index is -1.16. The first kappa shape index (κ1) is 16.3. The highest BCUT2D eigenvalue weighted by Crippen LogP contribution is 2.30. The second kappa shape index (κ2) is 6.49. The molecule has 2 N–H and O–H groups in total. The van der Waals surface area contributed by atoms with Crippen LogP contribution < -0.4 is 10.2 Å². The average Bonchev–Trinajstić information content (AvgIpc) is 2.95. The van der Waals surface area contributed by atoms with E-state index >= 15 is 0 Å². The van der Waals surface area contributed by atoms with Crippen molar-refractivity contribution in [1.29, 1.82) is 0 Å². The van der Waals surface area contributed by atoms with E-state index in [1.54, 1.807) is 4.90 Å². The molecule has 3 rings (SSSR count). The van der Waals surface area contributed by atoms with Gasteiger partial charge < -0.3 is 10.4 Å². The second-order valence-electron chi connectivity index (χ2n) is 5.45. The van der Waals surface area contributed by atoms with Crippen LogP contribution in [0.4, 0.5) is 20.6 Å². The van der Waals surface area contributed by atoms with Gasteiger partial charge in [0.15, 0.2) is 0 Å². The van der Waals surface area contributed by atoms with Gasteiger partial charge in [-0.3, -0.25) is 9.69 Å². The molecule has 2 aromatic rings. The molecule has 0 radical (unpaired) electrons. The Hall–Kier alpha value is -2.60.